The predicted octanol–water partition coefficient (Wildman–Crippen LogP) is 24.7. The van der Waals surface area contributed by atoms with Crippen LogP contribution < -0.4 is 41.8 Å². The number of hydrogen-bond acceptors (Lipinski definition) is 11. The maximum atomic E-state index is 11.6. The zero-order chi connectivity index (χ0) is 86.1. The van der Waals surface area contributed by atoms with Gasteiger partial charge in [-0.3, -0.25) is 4.79 Å². The maximum Gasteiger partial charge on any atom is 0.150 e. The van der Waals surface area contributed by atoms with Crippen molar-refractivity contribution in [2.75, 3.05) is 45.6 Å². The first-order valence-electron chi connectivity index (χ1n) is 41.7. The summed E-state index contributed by atoms with van der Waals surface area (Å²) >= 11 is 4.63. The van der Waals surface area contributed by atoms with Crippen molar-refractivity contribution in [1.29, 1.82) is 0 Å². The van der Waals surface area contributed by atoms with Crippen molar-refractivity contribution in [2.45, 2.75) is 213 Å². The van der Waals surface area contributed by atoms with Gasteiger partial charge in [0.1, 0.15) is 53.7 Å². The minimum Gasteiger partial charge on any atom is -0.508 e. The van der Waals surface area contributed by atoms with Gasteiger partial charge in [-0.1, -0.05) is 143 Å². The molecule has 0 unspecified atom stereocenters. The number of aliphatic hydroxyl groups is 1. The number of hydrogen-bond donors (Lipinski definition) is 6. The van der Waals surface area contributed by atoms with Crippen molar-refractivity contribution in [2.24, 2.45) is 27.4 Å². The molecule has 0 aromatic heterocycles. The summed E-state index contributed by atoms with van der Waals surface area (Å²) in [6.07, 6.45) is 29.1. The largest absolute Gasteiger partial charge is 0.508 e. The first kappa shape index (κ1) is 96.8. The van der Waals surface area contributed by atoms with Crippen molar-refractivity contribution < 1.29 is 48.7 Å². The molecular weight excluding hydrogens is 1540 g/mol. The standard InChI is InChI=1S/C28H32BrP.C24H35NO3.C19H27NO.C17H22O.C7H15NO3.C7H6O2/c1-23-14-13-21-28(2,3)27(23)22-30(29,24-15-7-4-8-16-24,25-17-9-5-10-18-25)26-19-11-6-12-20-26;1-18-9-8-14-24(5,6)21(18)13-12-19-10-7-11-20(17-19)27-16-15-25-22(26)28-23(2,3)4;1-15-6-5-11-19(2,3)18(15)10-9-16-7-4-8-17(14-16)21-13-12-20;1-13-6-5-11-17(2,3)16(13)10-9-14-7-4-8-15(18)12-14;1-7(2,3)11-6(10)8-4-5-9;8-5-6-2-1-3-7(9)4-6/h4-12,15-20H,13-14,21-22H2,1-3H3;7,10-13,17H,8-9,14-16H2,1-6H3,(H,25,26);4,7-10,14H,5-6,11-13,20H2,1-3H3;4,7-10,12,18H,5-6,11H2,1-3H3;9H,4-5H2,1-3H3,(H,8,10);1-5,9H/b;;10-9+;;;. The van der Waals surface area contributed by atoms with E-state index in [2.05, 4.69) is 255 Å². The van der Waals surface area contributed by atoms with Crippen LogP contribution in [0, 0.1) is 21.7 Å². The predicted molar refractivity (Wildman–Crippen MR) is 497 cm³/mol. The van der Waals surface area contributed by atoms with E-state index in [-0.39, 0.29) is 40.6 Å². The Morgan fingerprint density at radius 2 is 0.778 bits per heavy atom. The molecule has 4 aliphatic carbocycles. The second-order valence-corrected chi connectivity index (χ2v) is 44.6. The van der Waals surface area contributed by atoms with Crippen LogP contribution in [0.15, 0.2) is 251 Å². The van der Waals surface area contributed by atoms with Gasteiger partial charge < -0.3 is 50.6 Å². The molecule has 11 rings (SSSR count). The van der Waals surface area contributed by atoms with E-state index in [1.165, 1.54) is 144 Å². The number of ether oxygens (including phenoxy) is 4. The van der Waals surface area contributed by atoms with Crippen LogP contribution in [0.25, 0.3) is 18.2 Å². The maximum absolute atomic E-state index is 11.6. The Hall–Kier alpha value is -9.04. The number of amides is 2. The molecule has 0 spiro atoms. The second-order valence-electron chi connectivity index (χ2n) is 35.7. The molecule has 632 valence electrons. The number of halogens is 1. The van der Waals surface area contributed by atoms with Gasteiger partial charge in [-0.05, 0) is 218 Å². The van der Waals surface area contributed by atoms with Gasteiger partial charge in [0.2, 0.25) is 0 Å². The first-order valence-corrected chi connectivity index (χ1v) is 46.1. The zero-order valence-corrected chi connectivity index (χ0v) is 76.0. The summed E-state index contributed by atoms with van der Waals surface area (Å²) in [5.41, 5.74) is 21.5. The number of phenolic OH excluding ortho intramolecular Hbond substituents is 2. The molecule has 0 radical (unpaired) electrons. The van der Waals surface area contributed by atoms with Crippen LogP contribution in [0.1, 0.15) is 229 Å². The van der Waals surface area contributed by atoms with Gasteiger partial charge in [0.05, 0.1) is 13.2 Å². The van der Waals surface area contributed by atoms with Crippen LogP contribution in [-0.2, 0) is 9.47 Å². The van der Waals surface area contributed by atoms with E-state index in [0.29, 0.717) is 43.9 Å². The van der Waals surface area contributed by atoms with E-state index in [1.54, 1.807) is 56.2 Å². The van der Waals surface area contributed by atoms with E-state index in [9.17, 15) is 19.5 Å². The number of alkyl carbamates (subject to hydrolysis) is 2. The minimum absolute atomic E-state index is 0.0702. The van der Waals surface area contributed by atoms with Crippen LogP contribution in [0.2, 0.25) is 0 Å². The fraction of sp³-hybridized carbons (Fsp3) is 0.422. The first-order chi connectivity index (χ1) is 55.2. The number of aldehydes is 1. The van der Waals surface area contributed by atoms with Gasteiger partial charge in [-0.15, -0.1) is 0 Å². The SMILES string of the molecule is CC(C)(C)OC(=O)NCCO.CC1=C(/C=C/c2cccc(OCCN)c2)C(C)(C)CCC1.CC1=C(C=Cc2cccc(O)c2)C(C)(C)CCC1.CC1=C(C=Cc2cccc(OCCNC(=O)OC(C)(C)C)c2)C(C)(C)CCC1.CC1=C(CP(Br)(c2ccccc2)(c2ccccc2)c2ccccc2)C(C)(C)CCC1.O=Cc1cccc(O)c1. The molecule has 0 saturated heterocycles. The Labute approximate surface area is 710 Å². The van der Waals surface area contributed by atoms with Crippen molar-refractivity contribution in [3.63, 3.8) is 0 Å². The van der Waals surface area contributed by atoms with E-state index < -0.39 is 28.7 Å². The van der Waals surface area contributed by atoms with Crippen LogP contribution in [-0.4, -0.2) is 90.6 Å². The molecule has 0 saturated carbocycles. The molecule has 117 heavy (non-hydrogen) atoms. The van der Waals surface area contributed by atoms with Gasteiger partial charge in [-0.25, -0.2) is 9.59 Å². The summed E-state index contributed by atoms with van der Waals surface area (Å²) in [6, 6.07) is 63.3. The number of carbonyl (C=O) groups excluding carboxylic acids is 3. The monoisotopic (exact) mass is 1670 g/mol. The molecule has 15 heteroatoms. The molecule has 0 atom stereocenters. The summed E-state index contributed by atoms with van der Waals surface area (Å²) in [5.74, 6) is 2.13. The van der Waals surface area contributed by atoms with Gasteiger partial charge in [0.25, 0.3) is 0 Å². The number of benzene rings is 7. The van der Waals surface area contributed by atoms with Crippen molar-refractivity contribution in [1.82, 2.24) is 10.6 Å². The summed E-state index contributed by atoms with van der Waals surface area (Å²) in [4.78, 5) is 32.5. The van der Waals surface area contributed by atoms with Gasteiger partial charge in [-0.2, -0.15) is 0 Å². The van der Waals surface area contributed by atoms with Crippen LogP contribution in [0.4, 0.5) is 9.59 Å². The number of phenols is 2. The quantitative estimate of drug-likeness (QED) is 0.0173. The molecule has 0 aliphatic heterocycles. The molecule has 0 heterocycles. The number of nitrogens with two attached hydrogens (primary N) is 1. The number of aliphatic hydroxyl groups excluding tert-OH is 1. The third-order valence-corrected chi connectivity index (χ3v) is 31.2. The van der Waals surface area contributed by atoms with Crippen LogP contribution >= 0.6 is 20.8 Å². The Morgan fingerprint density at radius 3 is 1.11 bits per heavy atom. The van der Waals surface area contributed by atoms with Gasteiger partial charge >= 0.3 is 203 Å². The van der Waals surface area contributed by atoms with Crippen molar-refractivity contribution >= 4 is 73.4 Å². The van der Waals surface area contributed by atoms with Gasteiger partial charge in [0, 0.05) is 18.7 Å². The zero-order valence-electron chi connectivity index (χ0n) is 73.5. The normalized spacial score (nSPS) is 16.6. The number of aromatic hydroxyl groups is 2. The molecule has 2 amide bonds. The molecule has 4 aliphatic rings. The molecule has 0 fully saturated rings. The van der Waals surface area contributed by atoms with Crippen LogP contribution in [0.5, 0.6) is 23.0 Å². The average Bonchev–Trinajstić information content (AvgIpc) is 0.698. The van der Waals surface area contributed by atoms with E-state index in [1.807, 2.05) is 63.2 Å². The van der Waals surface area contributed by atoms with E-state index >= 15 is 0 Å². The molecule has 0 bridgehead atoms. The fourth-order valence-electron chi connectivity index (χ4n) is 15.8. The van der Waals surface area contributed by atoms with E-state index in [4.69, 9.17) is 34.9 Å². The van der Waals surface area contributed by atoms with E-state index in [0.717, 1.165) is 28.8 Å². The summed E-state index contributed by atoms with van der Waals surface area (Å²) in [7, 11) is 0. The summed E-state index contributed by atoms with van der Waals surface area (Å²) < 4.78 is 21.4. The van der Waals surface area contributed by atoms with Gasteiger partial charge in [0.15, 0.2) is 0 Å². The van der Waals surface area contributed by atoms with Crippen LogP contribution in [0.3, 0.4) is 0 Å². The smallest absolute Gasteiger partial charge is 0.150 e. The molecular formula is C102H137BrN3O10P. The second kappa shape index (κ2) is 45.2. The average molecular weight is 1680 g/mol. The summed E-state index contributed by atoms with van der Waals surface area (Å²) in [5, 5.41) is 33.0. The third-order valence-electron chi connectivity index (χ3n) is 21.8. The minimum atomic E-state index is -2.91. The number of allylic oxidation sites excluding steroid dienone is 11. The molecule has 13 nitrogen and oxygen atoms in total. The molecule has 7 N–H and O–H groups in total. The number of nitrogens with one attached hydrogen (secondary N) is 2. The third kappa shape index (κ3) is 31.0. The Kier molecular flexibility index (Phi) is 37.4. The van der Waals surface area contributed by atoms with Crippen molar-refractivity contribution in [3.05, 3.63) is 273 Å². The fourth-order valence-corrected chi connectivity index (χ4v) is 23.8. The number of rotatable bonds is 21. The Bertz CT molecular complexity index is 4450. The number of carbonyl (C=O) groups is 3. The Morgan fingerprint density at radius 1 is 0.444 bits per heavy atom. The summed E-state index contributed by atoms with van der Waals surface area (Å²) in [6.45, 7) is 40.9. The Balaban J connectivity index is 0.000000227. The molecule has 7 aromatic rings. The van der Waals surface area contributed by atoms with Crippen molar-refractivity contribution in [3.8, 4) is 23.0 Å². The topological polar surface area (TPSA) is 199 Å². The molecule has 7 aromatic carbocycles.